The number of hydrogen-bond acceptors (Lipinski definition) is 2. The lowest BCUT2D eigenvalue weighted by molar-refractivity contribution is -0.123. The smallest absolute Gasteiger partial charge is 0.222 e. The van der Waals surface area contributed by atoms with Crippen molar-refractivity contribution >= 4 is 5.91 Å². The van der Waals surface area contributed by atoms with Crippen LogP contribution in [-0.2, 0) is 4.79 Å². The fourth-order valence-corrected chi connectivity index (χ4v) is 2.37. The van der Waals surface area contributed by atoms with Gasteiger partial charge in [0.05, 0.1) is 12.5 Å². The van der Waals surface area contributed by atoms with Gasteiger partial charge in [0.1, 0.15) is 0 Å². The summed E-state index contributed by atoms with van der Waals surface area (Å²) in [4.78, 5) is 11.7. The van der Waals surface area contributed by atoms with Gasteiger partial charge in [0.25, 0.3) is 0 Å². The lowest BCUT2D eigenvalue weighted by atomic mass is 10.1. The SMILES string of the molecule is O=C(CC(O)c1ccccc1)NCCC1=CCCC1. The number of carbonyl (C=O) groups is 1. The minimum atomic E-state index is -0.716. The first kappa shape index (κ1) is 13.8. The second kappa shape index (κ2) is 7.10. The Kier molecular flexibility index (Phi) is 5.16. The van der Waals surface area contributed by atoms with Gasteiger partial charge in [-0.05, 0) is 31.2 Å². The van der Waals surface area contributed by atoms with Gasteiger partial charge >= 0.3 is 0 Å². The maximum atomic E-state index is 11.7. The van der Waals surface area contributed by atoms with Crippen LogP contribution in [-0.4, -0.2) is 17.6 Å². The molecule has 19 heavy (non-hydrogen) atoms. The first-order valence-corrected chi connectivity index (χ1v) is 6.93. The molecule has 3 heteroatoms. The van der Waals surface area contributed by atoms with E-state index in [0.717, 1.165) is 12.0 Å². The molecule has 1 amide bonds. The zero-order valence-electron chi connectivity index (χ0n) is 11.1. The lowest BCUT2D eigenvalue weighted by Crippen LogP contribution is -2.26. The Labute approximate surface area is 114 Å². The van der Waals surface area contributed by atoms with Gasteiger partial charge in [-0.3, -0.25) is 4.79 Å². The maximum Gasteiger partial charge on any atom is 0.222 e. The van der Waals surface area contributed by atoms with Gasteiger partial charge in [-0.1, -0.05) is 42.0 Å². The Bertz CT molecular complexity index is 439. The predicted molar refractivity (Wildman–Crippen MR) is 75.6 cm³/mol. The maximum absolute atomic E-state index is 11.7. The number of aliphatic hydroxyl groups is 1. The first-order valence-electron chi connectivity index (χ1n) is 6.93. The van der Waals surface area contributed by atoms with Crippen LogP contribution in [0.1, 0.15) is 43.8 Å². The van der Waals surface area contributed by atoms with Gasteiger partial charge < -0.3 is 10.4 Å². The average molecular weight is 259 g/mol. The van der Waals surface area contributed by atoms with E-state index in [4.69, 9.17) is 0 Å². The van der Waals surface area contributed by atoms with E-state index in [1.165, 1.54) is 24.8 Å². The molecule has 1 aliphatic rings. The largest absolute Gasteiger partial charge is 0.388 e. The van der Waals surface area contributed by atoms with Crippen molar-refractivity contribution in [1.29, 1.82) is 0 Å². The fraction of sp³-hybridized carbons (Fsp3) is 0.438. The molecular weight excluding hydrogens is 238 g/mol. The second-order valence-corrected chi connectivity index (χ2v) is 4.99. The van der Waals surface area contributed by atoms with E-state index >= 15 is 0 Å². The van der Waals surface area contributed by atoms with E-state index in [2.05, 4.69) is 11.4 Å². The third-order valence-corrected chi connectivity index (χ3v) is 3.47. The van der Waals surface area contributed by atoms with E-state index in [0.29, 0.717) is 6.54 Å². The van der Waals surface area contributed by atoms with Gasteiger partial charge in [0.2, 0.25) is 5.91 Å². The summed E-state index contributed by atoms with van der Waals surface area (Å²) in [6, 6.07) is 9.29. The number of carbonyl (C=O) groups excluding carboxylic acids is 1. The molecule has 0 fully saturated rings. The first-order chi connectivity index (χ1) is 9.25. The summed E-state index contributed by atoms with van der Waals surface area (Å²) in [7, 11) is 0. The number of nitrogens with one attached hydrogen (secondary N) is 1. The zero-order chi connectivity index (χ0) is 13.5. The van der Waals surface area contributed by atoms with Crippen molar-refractivity contribution < 1.29 is 9.90 Å². The van der Waals surface area contributed by atoms with Crippen molar-refractivity contribution in [3.8, 4) is 0 Å². The molecule has 0 aromatic heterocycles. The molecule has 0 radical (unpaired) electrons. The number of rotatable bonds is 6. The van der Waals surface area contributed by atoms with Crippen molar-refractivity contribution in [3.05, 3.63) is 47.5 Å². The van der Waals surface area contributed by atoms with Crippen molar-refractivity contribution in [2.45, 2.75) is 38.2 Å². The molecule has 0 saturated heterocycles. The molecule has 1 aliphatic carbocycles. The lowest BCUT2D eigenvalue weighted by Gasteiger charge is -2.11. The van der Waals surface area contributed by atoms with Crippen LogP contribution in [0.3, 0.4) is 0 Å². The fourth-order valence-electron chi connectivity index (χ4n) is 2.37. The number of benzene rings is 1. The molecule has 2 rings (SSSR count). The van der Waals surface area contributed by atoms with Crippen LogP contribution in [0.15, 0.2) is 42.0 Å². The van der Waals surface area contributed by atoms with E-state index in [1.807, 2.05) is 30.3 Å². The highest BCUT2D eigenvalue weighted by Crippen LogP contribution is 2.20. The average Bonchev–Trinajstić information content (AvgIpc) is 2.93. The Balaban J connectivity index is 1.69. The van der Waals surface area contributed by atoms with Crippen LogP contribution < -0.4 is 5.32 Å². The van der Waals surface area contributed by atoms with E-state index in [-0.39, 0.29) is 12.3 Å². The van der Waals surface area contributed by atoms with Crippen molar-refractivity contribution in [1.82, 2.24) is 5.32 Å². The molecule has 1 atom stereocenters. The van der Waals surface area contributed by atoms with Gasteiger partial charge in [-0.25, -0.2) is 0 Å². The number of hydrogen-bond donors (Lipinski definition) is 2. The van der Waals surface area contributed by atoms with E-state index < -0.39 is 6.10 Å². The van der Waals surface area contributed by atoms with Crippen LogP contribution >= 0.6 is 0 Å². The molecular formula is C16H21NO2. The quantitative estimate of drug-likeness (QED) is 0.772. The standard InChI is InChI=1S/C16H21NO2/c18-15(14-8-2-1-3-9-14)12-16(19)17-11-10-13-6-4-5-7-13/h1-3,6,8-9,15,18H,4-5,7,10-12H2,(H,17,19). The highest BCUT2D eigenvalue weighted by atomic mass is 16.3. The van der Waals surface area contributed by atoms with Gasteiger partial charge in [-0.15, -0.1) is 0 Å². The third kappa shape index (κ3) is 4.52. The topological polar surface area (TPSA) is 49.3 Å². The Morgan fingerprint density at radius 2 is 2.11 bits per heavy atom. The summed E-state index contributed by atoms with van der Waals surface area (Å²) in [5.74, 6) is -0.0880. The Morgan fingerprint density at radius 1 is 1.32 bits per heavy atom. The minimum absolute atomic E-state index is 0.0880. The predicted octanol–water partition coefficient (Wildman–Crippen LogP) is 2.73. The third-order valence-electron chi connectivity index (χ3n) is 3.47. The van der Waals surface area contributed by atoms with E-state index in [9.17, 15) is 9.90 Å². The highest BCUT2D eigenvalue weighted by molar-refractivity contribution is 5.76. The normalized spacial score (nSPS) is 15.9. The molecule has 0 saturated carbocycles. The summed E-state index contributed by atoms with van der Waals surface area (Å²) >= 11 is 0. The molecule has 0 heterocycles. The van der Waals surface area contributed by atoms with Crippen molar-refractivity contribution in [3.63, 3.8) is 0 Å². The van der Waals surface area contributed by atoms with Gasteiger partial charge in [0, 0.05) is 6.54 Å². The van der Waals surface area contributed by atoms with Crippen LogP contribution in [0.25, 0.3) is 0 Å². The second-order valence-electron chi connectivity index (χ2n) is 4.99. The van der Waals surface area contributed by atoms with E-state index in [1.54, 1.807) is 0 Å². The van der Waals surface area contributed by atoms with Crippen molar-refractivity contribution in [2.24, 2.45) is 0 Å². The summed E-state index contributed by atoms with van der Waals surface area (Å²) in [6.45, 7) is 0.673. The zero-order valence-corrected chi connectivity index (χ0v) is 11.1. The highest BCUT2D eigenvalue weighted by Gasteiger charge is 2.12. The van der Waals surface area contributed by atoms with Crippen LogP contribution in [0.2, 0.25) is 0 Å². The van der Waals surface area contributed by atoms with Crippen LogP contribution in [0.5, 0.6) is 0 Å². The molecule has 1 aromatic rings. The summed E-state index contributed by atoms with van der Waals surface area (Å²) in [6.07, 6.45) is 6.21. The molecule has 2 N–H and O–H groups in total. The Morgan fingerprint density at radius 3 is 2.79 bits per heavy atom. The molecule has 3 nitrogen and oxygen atoms in total. The molecule has 0 bridgehead atoms. The number of aliphatic hydroxyl groups excluding tert-OH is 1. The Hall–Kier alpha value is -1.61. The molecule has 102 valence electrons. The minimum Gasteiger partial charge on any atom is -0.388 e. The number of amides is 1. The van der Waals surface area contributed by atoms with Crippen molar-refractivity contribution in [2.75, 3.05) is 6.54 Å². The van der Waals surface area contributed by atoms with Gasteiger partial charge in [0.15, 0.2) is 0 Å². The summed E-state index contributed by atoms with van der Waals surface area (Å²) in [5.41, 5.74) is 2.24. The molecule has 0 spiro atoms. The van der Waals surface area contributed by atoms with Gasteiger partial charge in [-0.2, -0.15) is 0 Å². The molecule has 0 aliphatic heterocycles. The monoisotopic (exact) mass is 259 g/mol. The molecule has 1 unspecified atom stereocenters. The molecule has 1 aromatic carbocycles. The summed E-state index contributed by atoms with van der Waals surface area (Å²) < 4.78 is 0. The summed E-state index contributed by atoms with van der Waals surface area (Å²) in [5, 5.41) is 12.8. The van der Waals surface area contributed by atoms with Crippen LogP contribution in [0, 0.1) is 0 Å². The van der Waals surface area contributed by atoms with Crippen LogP contribution in [0.4, 0.5) is 0 Å². The number of allylic oxidation sites excluding steroid dienone is 1.